The minimum atomic E-state index is -0.397. The van der Waals surface area contributed by atoms with Crippen LogP contribution in [0.25, 0.3) is 0 Å². The third kappa shape index (κ3) is 4.15. The van der Waals surface area contributed by atoms with E-state index in [4.69, 9.17) is 9.47 Å². The Morgan fingerprint density at radius 2 is 2.38 bits per heavy atom. The summed E-state index contributed by atoms with van der Waals surface area (Å²) in [6.07, 6.45) is 3.41. The van der Waals surface area contributed by atoms with Gasteiger partial charge in [0, 0.05) is 39.4 Å². The Balaban J connectivity index is 1.88. The van der Waals surface area contributed by atoms with E-state index in [1.807, 2.05) is 6.07 Å². The predicted molar refractivity (Wildman–Crippen MR) is 80.5 cm³/mol. The molecular formula is C15H23N3O3. The summed E-state index contributed by atoms with van der Waals surface area (Å²) in [5.41, 5.74) is 0.147. The number of nitrogens with zero attached hydrogens (tertiary/aromatic N) is 1. The number of carbonyl (C=O) groups excluding carboxylic acids is 1. The number of rotatable bonds is 7. The van der Waals surface area contributed by atoms with Crippen molar-refractivity contribution in [1.29, 1.82) is 0 Å². The third-order valence-electron chi connectivity index (χ3n) is 3.65. The highest BCUT2D eigenvalue weighted by atomic mass is 16.5. The van der Waals surface area contributed by atoms with Crippen molar-refractivity contribution in [3.63, 3.8) is 0 Å². The molecule has 0 aromatic carbocycles. The van der Waals surface area contributed by atoms with E-state index < -0.39 is 5.60 Å². The normalized spacial score (nSPS) is 21.2. The van der Waals surface area contributed by atoms with E-state index in [0.717, 1.165) is 25.2 Å². The van der Waals surface area contributed by atoms with Crippen molar-refractivity contribution < 1.29 is 14.3 Å². The zero-order valence-electron chi connectivity index (χ0n) is 12.6. The maximum Gasteiger partial charge on any atom is 0.252 e. The number of ether oxygens (including phenoxy) is 2. The summed E-state index contributed by atoms with van der Waals surface area (Å²) in [6.45, 7) is 4.59. The molecule has 1 unspecified atom stereocenters. The van der Waals surface area contributed by atoms with Gasteiger partial charge < -0.3 is 20.1 Å². The third-order valence-corrected chi connectivity index (χ3v) is 3.65. The molecular weight excluding hydrogens is 270 g/mol. The number of anilines is 1. The second-order valence-electron chi connectivity index (χ2n) is 5.23. The van der Waals surface area contributed by atoms with Crippen LogP contribution in [0.3, 0.4) is 0 Å². The molecule has 1 aromatic heterocycles. The van der Waals surface area contributed by atoms with Gasteiger partial charge in [-0.2, -0.15) is 0 Å². The van der Waals surface area contributed by atoms with Gasteiger partial charge in [0.15, 0.2) is 0 Å². The molecule has 1 aromatic rings. The lowest BCUT2D eigenvalue weighted by Gasteiger charge is -2.25. The molecule has 2 N–H and O–H groups in total. The van der Waals surface area contributed by atoms with E-state index in [9.17, 15) is 4.79 Å². The highest BCUT2D eigenvalue weighted by Crippen LogP contribution is 2.21. The summed E-state index contributed by atoms with van der Waals surface area (Å²) in [4.78, 5) is 16.3. The van der Waals surface area contributed by atoms with Crippen LogP contribution in [0.5, 0.6) is 0 Å². The zero-order valence-corrected chi connectivity index (χ0v) is 12.6. The molecule has 0 bridgehead atoms. The van der Waals surface area contributed by atoms with Gasteiger partial charge in [-0.1, -0.05) is 6.92 Å². The van der Waals surface area contributed by atoms with Gasteiger partial charge >= 0.3 is 0 Å². The lowest BCUT2D eigenvalue weighted by Crippen LogP contribution is -2.45. The van der Waals surface area contributed by atoms with Gasteiger partial charge in [-0.15, -0.1) is 0 Å². The molecule has 0 spiro atoms. The number of aromatic nitrogens is 1. The number of methoxy groups -OCH3 is 1. The first-order valence-electron chi connectivity index (χ1n) is 7.30. The van der Waals surface area contributed by atoms with Crippen molar-refractivity contribution in [2.45, 2.75) is 25.4 Å². The van der Waals surface area contributed by atoms with Gasteiger partial charge in [0.05, 0.1) is 12.2 Å². The molecule has 116 valence electrons. The quantitative estimate of drug-likeness (QED) is 0.796. The molecule has 1 atom stereocenters. The number of hydrogen-bond acceptors (Lipinski definition) is 5. The Morgan fingerprint density at radius 3 is 2.95 bits per heavy atom. The molecule has 21 heavy (non-hydrogen) atoms. The number of amides is 1. The zero-order chi connectivity index (χ0) is 15.1. The number of hydrogen-bond donors (Lipinski definition) is 2. The average molecular weight is 293 g/mol. The summed E-state index contributed by atoms with van der Waals surface area (Å²) in [7, 11) is 1.65. The fourth-order valence-electron chi connectivity index (χ4n) is 2.19. The van der Waals surface area contributed by atoms with Crippen molar-refractivity contribution >= 4 is 11.7 Å². The molecule has 1 fully saturated rings. The summed E-state index contributed by atoms with van der Waals surface area (Å²) >= 11 is 0. The molecule has 1 saturated heterocycles. The van der Waals surface area contributed by atoms with Crippen LogP contribution in [0.15, 0.2) is 18.3 Å². The molecule has 6 heteroatoms. The van der Waals surface area contributed by atoms with E-state index >= 15 is 0 Å². The van der Waals surface area contributed by atoms with Crippen molar-refractivity contribution in [1.82, 2.24) is 10.3 Å². The van der Waals surface area contributed by atoms with Crippen LogP contribution in [-0.2, 0) is 9.47 Å². The fraction of sp³-hybridized carbons (Fsp3) is 0.600. The van der Waals surface area contributed by atoms with Crippen molar-refractivity contribution in [3.8, 4) is 0 Å². The first kappa shape index (κ1) is 15.7. The smallest absolute Gasteiger partial charge is 0.252 e. The Bertz CT molecular complexity index is 456. The van der Waals surface area contributed by atoms with Crippen LogP contribution in [-0.4, -0.2) is 49.9 Å². The van der Waals surface area contributed by atoms with E-state index in [1.165, 1.54) is 0 Å². The Labute approximate surface area is 125 Å². The van der Waals surface area contributed by atoms with Gasteiger partial charge in [-0.3, -0.25) is 4.79 Å². The minimum absolute atomic E-state index is 0.145. The van der Waals surface area contributed by atoms with E-state index in [-0.39, 0.29) is 5.91 Å². The predicted octanol–water partition coefficient (Wildman–Crippen LogP) is 1.44. The maximum atomic E-state index is 12.1. The van der Waals surface area contributed by atoms with Crippen LogP contribution in [0.1, 0.15) is 30.1 Å². The van der Waals surface area contributed by atoms with Crippen LogP contribution in [0.4, 0.5) is 5.82 Å². The van der Waals surface area contributed by atoms with E-state index in [0.29, 0.717) is 25.3 Å². The molecule has 1 aliphatic rings. The van der Waals surface area contributed by atoms with Crippen LogP contribution in [0.2, 0.25) is 0 Å². The molecule has 0 radical (unpaired) electrons. The minimum Gasteiger partial charge on any atom is -0.378 e. The van der Waals surface area contributed by atoms with E-state index in [1.54, 1.807) is 19.4 Å². The largest absolute Gasteiger partial charge is 0.378 e. The Morgan fingerprint density at radius 1 is 1.52 bits per heavy atom. The van der Waals surface area contributed by atoms with Crippen molar-refractivity contribution in [2.24, 2.45) is 0 Å². The van der Waals surface area contributed by atoms with Gasteiger partial charge in [-0.25, -0.2) is 4.98 Å². The van der Waals surface area contributed by atoms with Gasteiger partial charge in [-0.05, 0) is 18.6 Å². The topological polar surface area (TPSA) is 72.5 Å². The first-order chi connectivity index (χ1) is 10.2. The molecule has 6 nitrogen and oxygen atoms in total. The standard InChI is InChI=1S/C15H23N3O3/c1-3-7-16-13-5-4-12(9-17-13)14(19)18-10-15(20-2)6-8-21-11-15/h4-5,9H,3,6-8,10-11H2,1-2H3,(H,16,17)(H,18,19). The lowest BCUT2D eigenvalue weighted by atomic mass is 10.0. The average Bonchev–Trinajstić information content (AvgIpc) is 3.00. The second kappa shape index (κ2) is 7.38. The number of nitrogens with one attached hydrogen (secondary N) is 2. The Hall–Kier alpha value is -1.66. The molecule has 0 aliphatic carbocycles. The summed E-state index contributed by atoms with van der Waals surface area (Å²) < 4.78 is 10.8. The monoisotopic (exact) mass is 293 g/mol. The van der Waals surface area contributed by atoms with Crippen molar-refractivity contribution in [3.05, 3.63) is 23.9 Å². The second-order valence-corrected chi connectivity index (χ2v) is 5.23. The molecule has 0 saturated carbocycles. The molecule has 1 aliphatic heterocycles. The van der Waals surface area contributed by atoms with Crippen LogP contribution >= 0.6 is 0 Å². The number of pyridine rings is 1. The highest BCUT2D eigenvalue weighted by molar-refractivity contribution is 5.94. The number of carbonyl (C=O) groups is 1. The summed E-state index contributed by atoms with van der Waals surface area (Å²) in [6, 6.07) is 3.58. The lowest BCUT2D eigenvalue weighted by molar-refractivity contribution is -0.0148. The summed E-state index contributed by atoms with van der Waals surface area (Å²) in [5, 5.41) is 6.06. The van der Waals surface area contributed by atoms with Gasteiger partial charge in [0.25, 0.3) is 5.91 Å². The SMILES string of the molecule is CCCNc1ccc(C(=O)NCC2(OC)CCOC2)cn1. The van der Waals surface area contributed by atoms with Gasteiger partial charge in [0.1, 0.15) is 11.4 Å². The molecule has 2 heterocycles. The van der Waals surface area contributed by atoms with Gasteiger partial charge in [0.2, 0.25) is 0 Å². The van der Waals surface area contributed by atoms with E-state index in [2.05, 4.69) is 22.5 Å². The van der Waals surface area contributed by atoms with Crippen molar-refractivity contribution in [2.75, 3.05) is 38.7 Å². The molecule has 1 amide bonds. The molecule has 2 rings (SSSR count). The summed E-state index contributed by atoms with van der Waals surface area (Å²) in [5.74, 6) is 0.638. The fourth-order valence-corrected chi connectivity index (χ4v) is 2.19. The maximum absolute atomic E-state index is 12.1. The van der Waals surface area contributed by atoms with Crippen LogP contribution in [0, 0.1) is 0 Å². The first-order valence-corrected chi connectivity index (χ1v) is 7.30. The Kier molecular flexibility index (Phi) is 5.52. The van der Waals surface area contributed by atoms with Crippen LogP contribution < -0.4 is 10.6 Å². The highest BCUT2D eigenvalue weighted by Gasteiger charge is 2.35.